The zero-order valence-electron chi connectivity index (χ0n) is 9.51. The Labute approximate surface area is 94.6 Å². The van der Waals surface area contributed by atoms with Crippen molar-refractivity contribution in [3.63, 3.8) is 0 Å². The van der Waals surface area contributed by atoms with Gasteiger partial charge in [-0.2, -0.15) is 0 Å². The predicted octanol–water partition coefficient (Wildman–Crippen LogP) is 1.47. The van der Waals surface area contributed by atoms with Gasteiger partial charge in [-0.05, 0) is 45.4 Å². The molecule has 1 fully saturated rings. The Hall–Kier alpha value is -0.450. The maximum Gasteiger partial charge on any atom is 0.125 e. The van der Waals surface area contributed by atoms with Gasteiger partial charge in [0.15, 0.2) is 0 Å². The third-order valence-corrected chi connectivity index (χ3v) is 4.03. The Morgan fingerprint density at radius 2 is 2.13 bits per heavy atom. The molecule has 2 N–H and O–H groups in total. The van der Waals surface area contributed by atoms with Gasteiger partial charge in [0.05, 0.1) is 4.91 Å². The van der Waals surface area contributed by atoms with Crippen LogP contribution in [0.2, 0.25) is 0 Å². The fourth-order valence-electron chi connectivity index (χ4n) is 1.67. The normalized spacial score (nSPS) is 21.3. The SMILES string of the molecule is C=C(C)/C(=C\C)S(=O)NC1CCNCC1. The molecule has 0 aliphatic carbocycles. The van der Waals surface area contributed by atoms with Gasteiger partial charge >= 0.3 is 0 Å². The first-order chi connectivity index (χ1) is 7.15. The molecule has 0 bridgehead atoms. The van der Waals surface area contributed by atoms with E-state index in [0.717, 1.165) is 36.4 Å². The lowest BCUT2D eigenvalue weighted by Gasteiger charge is -2.23. The number of allylic oxidation sites excluding steroid dienone is 2. The summed E-state index contributed by atoms with van der Waals surface area (Å²) in [7, 11) is -1.10. The minimum atomic E-state index is -1.10. The minimum Gasteiger partial charge on any atom is -0.317 e. The van der Waals surface area contributed by atoms with Gasteiger partial charge in [0.1, 0.15) is 11.0 Å². The number of rotatable bonds is 4. The molecular weight excluding hydrogens is 208 g/mol. The highest BCUT2D eigenvalue weighted by Gasteiger charge is 2.16. The number of piperidine rings is 1. The van der Waals surface area contributed by atoms with E-state index in [1.807, 2.05) is 19.9 Å². The van der Waals surface area contributed by atoms with Crippen LogP contribution in [0.3, 0.4) is 0 Å². The Balaban J connectivity index is 2.50. The number of hydrogen-bond donors (Lipinski definition) is 2. The fourth-order valence-corrected chi connectivity index (χ4v) is 2.86. The predicted molar refractivity (Wildman–Crippen MR) is 65.7 cm³/mol. The Morgan fingerprint density at radius 1 is 1.53 bits per heavy atom. The molecule has 1 unspecified atom stereocenters. The Morgan fingerprint density at radius 3 is 2.60 bits per heavy atom. The molecule has 1 atom stereocenters. The molecule has 15 heavy (non-hydrogen) atoms. The van der Waals surface area contributed by atoms with Crippen molar-refractivity contribution in [1.82, 2.24) is 10.0 Å². The molecule has 0 aromatic carbocycles. The standard InChI is InChI=1S/C11H20N2OS/c1-4-11(9(2)3)15(14)13-10-5-7-12-8-6-10/h4,10,12-13H,2,5-8H2,1,3H3/b11-4+. The van der Waals surface area contributed by atoms with E-state index in [1.54, 1.807) is 0 Å². The van der Waals surface area contributed by atoms with E-state index in [9.17, 15) is 4.21 Å². The van der Waals surface area contributed by atoms with E-state index in [2.05, 4.69) is 16.6 Å². The van der Waals surface area contributed by atoms with Crippen molar-refractivity contribution >= 4 is 11.0 Å². The first-order valence-corrected chi connectivity index (χ1v) is 6.51. The van der Waals surface area contributed by atoms with E-state index < -0.39 is 11.0 Å². The van der Waals surface area contributed by atoms with Crippen LogP contribution < -0.4 is 10.0 Å². The second-order valence-electron chi connectivity index (χ2n) is 3.84. The van der Waals surface area contributed by atoms with Gasteiger partial charge < -0.3 is 5.32 Å². The van der Waals surface area contributed by atoms with E-state index in [4.69, 9.17) is 0 Å². The van der Waals surface area contributed by atoms with Crippen molar-refractivity contribution in [3.8, 4) is 0 Å². The van der Waals surface area contributed by atoms with Crippen LogP contribution in [0.25, 0.3) is 0 Å². The van der Waals surface area contributed by atoms with Gasteiger partial charge in [-0.15, -0.1) is 0 Å². The first-order valence-electron chi connectivity index (χ1n) is 5.36. The largest absolute Gasteiger partial charge is 0.317 e. The third-order valence-electron chi connectivity index (χ3n) is 2.50. The minimum absolute atomic E-state index is 0.362. The molecule has 0 saturated carbocycles. The summed E-state index contributed by atoms with van der Waals surface area (Å²) in [6.07, 6.45) is 3.95. The van der Waals surface area contributed by atoms with Crippen LogP contribution in [0.1, 0.15) is 26.7 Å². The van der Waals surface area contributed by atoms with Crippen LogP contribution in [0, 0.1) is 0 Å². The quantitative estimate of drug-likeness (QED) is 0.716. The zero-order chi connectivity index (χ0) is 11.3. The summed E-state index contributed by atoms with van der Waals surface area (Å²) in [5, 5.41) is 3.28. The molecule has 0 aromatic heterocycles. The van der Waals surface area contributed by atoms with E-state index in [1.165, 1.54) is 0 Å². The molecule has 0 spiro atoms. The van der Waals surface area contributed by atoms with Crippen molar-refractivity contribution in [2.45, 2.75) is 32.7 Å². The number of hydrogen-bond acceptors (Lipinski definition) is 2. The summed E-state index contributed by atoms with van der Waals surface area (Å²) in [4.78, 5) is 0.813. The molecule has 1 rings (SSSR count). The summed E-state index contributed by atoms with van der Waals surface area (Å²) >= 11 is 0. The maximum atomic E-state index is 11.9. The molecule has 0 amide bonds. The summed E-state index contributed by atoms with van der Waals surface area (Å²) in [6, 6.07) is 0.362. The van der Waals surface area contributed by atoms with Gasteiger partial charge in [0, 0.05) is 6.04 Å². The summed E-state index contributed by atoms with van der Waals surface area (Å²) in [5.74, 6) is 0. The summed E-state index contributed by atoms with van der Waals surface area (Å²) < 4.78 is 15.1. The monoisotopic (exact) mass is 228 g/mol. The van der Waals surface area contributed by atoms with Crippen molar-refractivity contribution in [2.75, 3.05) is 13.1 Å². The van der Waals surface area contributed by atoms with Crippen LogP contribution in [0.15, 0.2) is 23.1 Å². The Bertz CT molecular complexity index is 280. The smallest absolute Gasteiger partial charge is 0.125 e. The molecule has 1 aliphatic heterocycles. The molecule has 3 nitrogen and oxygen atoms in total. The fraction of sp³-hybridized carbons (Fsp3) is 0.636. The van der Waals surface area contributed by atoms with Gasteiger partial charge in [-0.3, -0.25) is 0 Å². The third kappa shape index (κ3) is 3.89. The molecule has 1 aliphatic rings. The van der Waals surface area contributed by atoms with Crippen molar-refractivity contribution in [3.05, 3.63) is 23.1 Å². The van der Waals surface area contributed by atoms with E-state index in [-0.39, 0.29) is 0 Å². The second-order valence-corrected chi connectivity index (χ2v) is 5.06. The summed E-state index contributed by atoms with van der Waals surface area (Å²) in [6.45, 7) is 9.62. The zero-order valence-corrected chi connectivity index (χ0v) is 10.3. The van der Waals surface area contributed by atoms with E-state index >= 15 is 0 Å². The topological polar surface area (TPSA) is 41.1 Å². The molecule has 1 saturated heterocycles. The number of nitrogens with one attached hydrogen (secondary N) is 2. The second kappa shape index (κ2) is 6.20. The first kappa shape index (κ1) is 12.6. The average Bonchev–Trinajstić information content (AvgIpc) is 2.19. The molecule has 0 radical (unpaired) electrons. The lowest BCUT2D eigenvalue weighted by molar-refractivity contribution is 0.435. The highest BCUT2D eigenvalue weighted by molar-refractivity contribution is 7.87. The van der Waals surface area contributed by atoms with E-state index in [0.29, 0.717) is 6.04 Å². The molecule has 4 heteroatoms. The van der Waals surface area contributed by atoms with Gasteiger partial charge in [0.25, 0.3) is 0 Å². The van der Waals surface area contributed by atoms with Crippen molar-refractivity contribution in [2.24, 2.45) is 0 Å². The van der Waals surface area contributed by atoms with Gasteiger partial charge in [-0.1, -0.05) is 12.7 Å². The van der Waals surface area contributed by atoms with Crippen LogP contribution >= 0.6 is 0 Å². The van der Waals surface area contributed by atoms with Crippen LogP contribution in [0.4, 0.5) is 0 Å². The van der Waals surface area contributed by atoms with Crippen LogP contribution in [-0.4, -0.2) is 23.3 Å². The molecule has 86 valence electrons. The van der Waals surface area contributed by atoms with Crippen molar-refractivity contribution < 1.29 is 4.21 Å². The highest BCUT2D eigenvalue weighted by atomic mass is 32.2. The van der Waals surface area contributed by atoms with Gasteiger partial charge in [0.2, 0.25) is 0 Å². The lowest BCUT2D eigenvalue weighted by atomic mass is 10.1. The van der Waals surface area contributed by atoms with Crippen molar-refractivity contribution in [1.29, 1.82) is 0 Å². The van der Waals surface area contributed by atoms with Crippen LogP contribution in [0.5, 0.6) is 0 Å². The average molecular weight is 228 g/mol. The van der Waals surface area contributed by atoms with Gasteiger partial charge in [-0.25, -0.2) is 8.93 Å². The molecule has 0 aromatic rings. The van der Waals surface area contributed by atoms with Crippen LogP contribution in [-0.2, 0) is 11.0 Å². The maximum absolute atomic E-state index is 11.9. The highest BCUT2D eigenvalue weighted by Crippen LogP contribution is 2.12. The Kier molecular flexibility index (Phi) is 5.22. The molecule has 1 heterocycles. The summed E-state index contributed by atoms with van der Waals surface area (Å²) in [5.41, 5.74) is 0.872. The lowest BCUT2D eigenvalue weighted by Crippen LogP contribution is -2.40. The molecular formula is C11H20N2OS.